The number of carbonyl (C=O) groups is 1. The number of nitrogens with one attached hydrogen (secondary N) is 1. The third kappa shape index (κ3) is 5.45. The maximum absolute atomic E-state index is 11.2. The Hall–Kier alpha value is -0.650. The van der Waals surface area contributed by atoms with E-state index in [0.717, 1.165) is 37.3 Å². The van der Waals surface area contributed by atoms with E-state index in [9.17, 15) is 9.90 Å². The molecule has 4 rings (SSSR count). The molecule has 0 aromatic rings. The minimum Gasteiger partial charge on any atom is -0.480 e. The van der Waals surface area contributed by atoms with Crippen LogP contribution in [0.1, 0.15) is 71.1 Å². The number of carboxylic acid groups (broad SMARTS) is 1. The summed E-state index contributed by atoms with van der Waals surface area (Å²) < 4.78 is 0. The lowest BCUT2D eigenvalue weighted by Gasteiger charge is -2.46. The van der Waals surface area contributed by atoms with Crippen LogP contribution in [0.15, 0.2) is 0 Å². The van der Waals surface area contributed by atoms with Crippen LogP contribution in [0, 0.1) is 11.8 Å². The molecular formula is C22H39N3O2. The number of nitrogens with zero attached hydrogens (tertiary/aromatic N) is 2. The number of carboxylic acids is 1. The van der Waals surface area contributed by atoms with Crippen molar-refractivity contribution in [2.24, 2.45) is 11.8 Å². The smallest absolute Gasteiger partial charge is 0.317 e. The highest BCUT2D eigenvalue weighted by Crippen LogP contribution is 2.34. The van der Waals surface area contributed by atoms with Gasteiger partial charge in [0.1, 0.15) is 0 Å². The molecule has 5 heteroatoms. The van der Waals surface area contributed by atoms with Crippen molar-refractivity contribution in [1.29, 1.82) is 0 Å². The first-order valence-electron chi connectivity index (χ1n) is 11.5. The lowest BCUT2D eigenvalue weighted by Crippen LogP contribution is -2.57. The fraction of sp³-hybridized carbons (Fsp3) is 0.955. The highest BCUT2D eigenvalue weighted by molar-refractivity contribution is 5.69. The van der Waals surface area contributed by atoms with Crippen LogP contribution in [0.3, 0.4) is 0 Å². The van der Waals surface area contributed by atoms with Gasteiger partial charge in [-0.15, -0.1) is 0 Å². The van der Waals surface area contributed by atoms with Crippen LogP contribution in [0.2, 0.25) is 0 Å². The van der Waals surface area contributed by atoms with Gasteiger partial charge in [0.25, 0.3) is 0 Å². The van der Waals surface area contributed by atoms with Gasteiger partial charge in [0, 0.05) is 30.7 Å². The monoisotopic (exact) mass is 377 g/mol. The van der Waals surface area contributed by atoms with Gasteiger partial charge >= 0.3 is 5.97 Å². The molecule has 0 radical (unpaired) electrons. The number of aliphatic carboxylic acids is 1. The maximum Gasteiger partial charge on any atom is 0.317 e. The minimum absolute atomic E-state index is 0.228. The molecule has 3 aliphatic carbocycles. The Morgan fingerprint density at radius 2 is 1.78 bits per heavy atom. The molecule has 4 aliphatic rings. The Balaban J connectivity index is 1.15. The van der Waals surface area contributed by atoms with E-state index in [0.29, 0.717) is 18.1 Å². The summed E-state index contributed by atoms with van der Waals surface area (Å²) in [6.45, 7) is 6.17. The second kappa shape index (κ2) is 8.79. The van der Waals surface area contributed by atoms with Crippen molar-refractivity contribution < 1.29 is 9.90 Å². The van der Waals surface area contributed by atoms with Crippen molar-refractivity contribution >= 4 is 5.97 Å². The summed E-state index contributed by atoms with van der Waals surface area (Å²) in [6.07, 6.45) is 13.1. The van der Waals surface area contributed by atoms with Crippen molar-refractivity contribution in [3.63, 3.8) is 0 Å². The van der Waals surface area contributed by atoms with Crippen LogP contribution in [0.4, 0.5) is 0 Å². The fourth-order valence-corrected chi connectivity index (χ4v) is 5.67. The molecule has 1 heterocycles. The average molecular weight is 378 g/mol. The molecule has 3 saturated carbocycles. The van der Waals surface area contributed by atoms with Crippen molar-refractivity contribution in [2.75, 3.05) is 26.2 Å². The third-order valence-electron chi connectivity index (χ3n) is 7.58. The van der Waals surface area contributed by atoms with Gasteiger partial charge in [0.05, 0.1) is 6.54 Å². The molecule has 154 valence electrons. The van der Waals surface area contributed by atoms with Crippen LogP contribution in [-0.2, 0) is 4.79 Å². The topological polar surface area (TPSA) is 55.8 Å². The second-order valence-electron chi connectivity index (χ2n) is 9.99. The number of likely N-dealkylation sites (tertiary alicyclic amines) is 1. The molecule has 2 N–H and O–H groups in total. The van der Waals surface area contributed by atoms with Gasteiger partial charge in [-0.25, -0.2) is 0 Å². The molecule has 2 atom stereocenters. The van der Waals surface area contributed by atoms with Gasteiger partial charge < -0.3 is 15.3 Å². The first kappa shape index (κ1) is 19.7. The van der Waals surface area contributed by atoms with Gasteiger partial charge in [-0.05, 0) is 76.3 Å². The molecule has 5 nitrogen and oxygen atoms in total. The summed E-state index contributed by atoms with van der Waals surface area (Å²) in [4.78, 5) is 16.2. The molecule has 2 unspecified atom stereocenters. The summed E-state index contributed by atoms with van der Waals surface area (Å²) in [7, 11) is 0. The highest BCUT2D eigenvalue weighted by atomic mass is 16.4. The van der Waals surface area contributed by atoms with Gasteiger partial charge in [-0.1, -0.05) is 19.8 Å². The van der Waals surface area contributed by atoms with Crippen LogP contribution >= 0.6 is 0 Å². The van der Waals surface area contributed by atoms with Crippen LogP contribution in [0.25, 0.3) is 0 Å². The van der Waals surface area contributed by atoms with Gasteiger partial charge in [-0.2, -0.15) is 0 Å². The fourth-order valence-electron chi connectivity index (χ4n) is 5.67. The Bertz CT molecular complexity index is 496. The van der Waals surface area contributed by atoms with E-state index in [1.54, 1.807) is 0 Å². The van der Waals surface area contributed by atoms with E-state index in [2.05, 4.69) is 22.0 Å². The SMILES string of the molecule is CC1CCCC(N2CCC(NC3CC(N(CC(=O)O)CC4CC4)C3)CC2)C1. The van der Waals surface area contributed by atoms with Gasteiger partial charge in [0.15, 0.2) is 0 Å². The summed E-state index contributed by atoms with van der Waals surface area (Å²) in [5.74, 6) is 1.01. The lowest BCUT2D eigenvalue weighted by atomic mass is 9.83. The molecule has 27 heavy (non-hydrogen) atoms. The predicted molar refractivity (Wildman–Crippen MR) is 108 cm³/mol. The molecule has 4 fully saturated rings. The summed E-state index contributed by atoms with van der Waals surface area (Å²) in [6, 6.07) is 2.61. The molecule has 0 aromatic carbocycles. The van der Waals surface area contributed by atoms with Gasteiger partial charge in [-0.3, -0.25) is 9.69 Å². The third-order valence-corrected chi connectivity index (χ3v) is 7.58. The predicted octanol–water partition coefficient (Wildman–Crippen LogP) is 2.95. The standard InChI is InChI=1S/C22H39N3O2/c1-16-3-2-4-20(11-16)24-9-7-18(8-10-24)23-19-12-21(13-19)25(15-22(26)27)14-17-5-6-17/h16-21,23H,2-15H2,1H3,(H,26,27). The number of hydrogen-bond acceptors (Lipinski definition) is 4. The molecule has 0 bridgehead atoms. The average Bonchev–Trinajstić information content (AvgIpc) is 3.41. The normalized spacial score (nSPS) is 35.9. The Morgan fingerprint density at radius 3 is 2.41 bits per heavy atom. The zero-order valence-corrected chi connectivity index (χ0v) is 17.1. The van der Waals surface area contributed by atoms with E-state index in [1.165, 1.54) is 64.5 Å². The molecular weight excluding hydrogens is 338 g/mol. The zero-order valence-electron chi connectivity index (χ0n) is 17.1. The Morgan fingerprint density at radius 1 is 1.04 bits per heavy atom. The van der Waals surface area contributed by atoms with E-state index in [4.69, 9.17) is 0 Å². The summed E-state index contributed by atoms with van der Waals surface area (Å²) >= 11 is 0. The largest absolute Gasteiger partial charge is 0.480 e. The lowest BCUT2D eigenvalue weighted by molar-refractivity contribution is -0.139. The number of piperidine rings is 1. The summed E-state index contributed by atoms with van der Waals surface area (Å²) in [5, 5.41) is 13.1. The van der Waals surface area contributed by atoms with Crippen molar-refractivity contribution in [3.05, 3.63) is 0 Å². The van der Waals surface area contributed by atoms with Crippen molar-refractivity contribution in [2.45, 2.75) is 95.3 Å². The van der Waals surface area contributed by atoms with Crippen LogP contribution in [0.5, 0.6) is 0 Å². The number of rotatable bonds is 8. The molecule has 1 aliphatic heterocycles. The van der Waals surface area contributed by atoms with Crippen LogP contribution in [-0.4, -0.2) is 71.2 Å². The van der Waals surface area contributed by atoms with Crippen molar-refractivity contribution in [1.82, 2.24) is 15.1 Å². The molecule has 1 saturated heterocycles. The first-order valence-corrected chi connectivity index (χ1v) is 11.5. The summed E-state index contributed by atoms with van der Waals surface area (Å²) in [5.41, 5.74) is 0. The second-order valence-corrected chi connectivity index (χ2v) is 9.99. The Kier molecular flexibility index (Phi) is 6.40. The van der Waals surface area contributed by atoms with Gasteiger partial charge in [0.2, 0.25) is 0 Å². The van der Waals surface area contributed by atoms with E-state index >= 15 is 0 Å². The van der Waals surface area contributed by atoms with E-state index < -0.39 is 5.97 Å². The zero-order chi connectivity index (χ0) is 18.8. The quantitative estimate of drug-likeness (QED) is 0.681. The Labute approximate surface area is 164 Å². The minimum atomic E-state index is -0.670. The maximum atomic E-state index is 11.2. The van der Waals surface area contributed by atoms with Crippen molar-refractivity contribution in [3.8, 4) is 0 Å². The van der Waals surface area contributed by atoms with E-state index in [1.807, 2.05) is 0 Å². The first-order chi connectivity index (χ1) is 13.1. The molecule has 0 amide bonds. The van der Waals surface area contributed by atoms with Crippen LogP contribution < -0.4 is 5.32 Å². The van der Waals surface area contributed by atoms with E-state index in [-0.39, 0.29) is 6.54 Å². The number of hydrogen-bond donors (Lipinski definition) is 2. The highest BCUT2D eigenvalue weighted by Gasteiger charge is 2.38. The molecule has 0 aromatic heterocycles. The molecule has 0 spiro atoms.